The van der Waals surface area contributed by atoms with E-state index in [0.29, 0.717) is 28.8 Å². The highest BCUT2D eigenvalue weighted by Crippen LogP contribution is 2.18. The summed E-state index contributed by atoms with van der Waals surface area (Å²) in [5.74, 6) is 0.480. The van der Waals surface area contributed by atoms with Gasteiger partial charge in [0.15, 0.2) is 5.16 Å². The first kappa shape index (κ1) is 15.5. The van der Waals surface area contributed by atoms with Gasteiger partial charge in [-0.25, -0.2) is 14.9 Å². The quantitative estimate of drug-likeness (QED) is 0.718. The molecule has 3 aromatic heterocycles. The van der Waals surface area contributed by atoms with Gasteiger partial charge in [0.1, 0.15) is 5.65 Å². The van der Waals surface area contributed by atoms with Gasteiger partial charge in [0.25, 0.3) is 5.56 Å². The molecule has 0 aliphatic rings. The van der Waals surface area contributed by atoms with Crippen molar-refractivity contribution in [1.82, 2.24) is 24.1 Å². The van der Waals surface area contributed by atoms with Gasteiger partial charge in [0, 0.05) is 24.1 Å². The Kier molecular flexibility index (Phi) is 4.33. The summed E-state index contributed by atoms with van der Waals surface area (Å²) < 4.78 is 3.18. The zero-order valence-corrected chi connectivity index (χ0v) is 13.8. The van der Waals surface area contributed by atoms with Crippen LogP contribution in [0.3, 0.4) is 0 Å². The Morgan fingerprint density at radius 1 is 1.30 bits per heavy atom. The molecule has 7 nitrogen and oxygen atoms in total. The van der Waals surface area contributed by atoms with Crippen molar-refractivity contribution in [3.8, 4) is 0 Å². The molecule has 23 heavy (non-hydrogen) atoms. The second-order valence-electron chi connectivity index (χ2n) is 5.20. The van der Waals surface area contributed by atoms with Crippen molar-refractivity contribution in [1.29, 1.82) is 0 Å². The van der Waals surface area contributed by atoms with E-state index < -0.39 is 0 Å². The van der Waals surface area contributed by atoms with Crippen molar-refractivity contribution < 1.29 is 0 Å². The van der Waals surface area contributed by atoms with Gasteiger partial charge in [0.2, 0.25) is 0 Å². The molecule has 0 aliphatic heterocycles. The van der Waals surface area contributed by atoms with Gasteiger partial charge in [-0.05, 0) is 25.5 Å². The van der Waals surface area contributed by atoms with E-state index >= 15 is 0 Å². The SMILES string of the molecule is CCCn1c(SCc2cc(=O)n3c(C)cccc3n2)n[nH]c1=O. The molecule has 0 spiro atoms. The van der Waals surface area contributed by atoms with Gasteiger partial charge in [-0.3, -0.25) is 13.8 Å². The smallest absolute Gasteiger partial charge is 0.270 e. The van der Waals surface area contributed by atoms with Crippen LogP contribution >= 0.6 is 11.8 Å². The normalized spacial score (nSPS) is 11.2. The lowest BCUT2D eigenvalue weighted by Gasteiger charge is -2.06. The number of aryl methyl sites for hydroxylation is 1. The van der Waals surface area contributed by atoms with E-state index in [9.17, 15) is 9.59 Å². The Morgan fingerprint density at radius 2 is 2.13 bits per heavy atom. The van der Waals surface area contributed by atoms with Crippen LogP contribution in [-0.4, -0.2) is 24.1 Å². The van der Waals surface area contributed by atoms with E-state index in [0.717, 1.165) is 12.1 Å². The third-order valence-electron chi connectivity index (χ3n) is 3.45. The molecule has 0 bridgehead atoms. The molecule has 0 fully saturated rings. The number of hydrogen-bond donors (Lipinski definition) is 1. The molecule has 0 amide bonds. The predicted octanol–water partition coefficient (Wildman–Crippen LogP) is 1.59. The Balaban J connectivity index is 1.88. The summed E-state index contributed by atoms with van der Waals surface area (Å²) in [7, 11) is 0. The third kappa shape index (κ3) is 3.07. The van der Waals surface area contributed by atoms with E-state index in [4.69, 9.17) is 0 Å². The number of nitrogens with zero attached hydrogens (tertiary/aromatic N) is 4. The number of H-pyrrole nitrogens is 1. The molecule has 0 aromatic carbocycles. The molecule has 0 saturated heterocycles. The second kappa shape index (κ2) is 6.41. The van der Waals surface area contributed by atoms with Crippen molar-refractivity contribution in [3.05, 3.63) is 56.5 Å². The monoisotopic (exact) mass is 331 g/mol. The summed E-state index contributed by atoms with van der Waals surface area (Å²) in [6, 6.07) is 7.09. The van der Waals surface area contributed by atoms with Crippen molar-refractivity contribution >= 4 is 17.4 Å². The molecule has 0 saturated carbocycles. The van der Waals surface area contributed by atoms with Crippen LogP contribution in [0.4, 0.5) is 0 Å². The van der Waals surface area contributed by atoms with Gasteiger partial charge in [0.05, 0.1) is 5.69 Å². The van der Waals surface area contributed by atoms with Crippen LogP contribution in [0.5, 0.6) is 0 Å². The molecule has 8 heteroatoms. The van der Waals surface area contributed by atoms with Crippen molar-refractivity contribution in [2.24, 2.45) is 0 Å². The summed E-state index contributed by atoms with van der Waals surface area (Å²) in [5, 5.41) is 7.10. The lowest BCUT2D eigenvalue weighted by molar-refractivity contribution is 0.603. The maximum absolute atomic E-state index is 12.2. The van der Waals surface area contributed by atoms with Crippen molar-refractivity contribution in [2.75, 3.05) is 0 Å². The van der Waals surface area contributed by atoms with E-state index in [1.54, 1.807) is 8.97 Å². The topological polar surface area (TPSA) is 85.0 Å². The molecule has 0 atom stereocenters. The molecule has 3 rings (SSSR count). The van der Waals surface area contributed by atoms with E-state index in [1.807, 2.05) is 32.0 Å². The summed E-state index contributed by atoms with van der Waals surface area (Å²) >= 11 is 1.39. The molecule has 0 unspecified atom stereocenters. The van der Waals surface area contributed by atoms with E-state index in [2.05, 4.69) is 15.2 Å². The first-order chi connectivity index (χ1) is 11.1. The van der Waals surface area contributed by atoms with Crippen LogP contribution in [0.2, 0.25) is 0 Å². The number of nitrogens with one attached hydrogen (secondary N) is 1. The van der Waals surface area contributed by atoms with Crippen LogP contribution in [0.1, 0.15) is 24.7 Å². The highest BCUT2D eigenvalue weighted by molar-refractivity contribution is 7.98. The van der Waals surface area contributed by atoms with Crippen molar-refractivity contribution in [3.63, 3.8) is 0 Å². The molecule has 0 radical (unpaired) electrons. The van der Waals surface area contributed by atoms with Crippen LogP contribution in [0.15, 0.2) is 39.0 Å². The molecular formula is C15H17N5O2S. The fourth-order valence-corrected chi connectivity index (χ4v) is 3.28. The lowest BCUT2D eigenvalue weighted by Crippen LogP contribution is -2.18. The lowest BCUT2D eigenvalue weighted by atomic mass is 10.3. The fraction of sp³-hybridized carbons (Fsp3) is 0.333. The number of aromatic nitrogens is 5. The summed E-state index contributed by atoms with van der Waals surface area (Å²) in [6.45, 7) is 4.49. The fourth-order valence-electron chi connectivity index (χ4n) is 2.41. The number of pyridine rings is 1. The van der Waals surface area contributed by atoms with E-state index in [1.165, 1.54) is 17.8 Å². The Labute approximate surface area is 136 Å². The molecular weight excluding hydrogens is 314 g/mol. The van der Waals surface area contributed by atoms with Crippen LogP contribution in [0.25, 0.3) is 5.65 Å². The minimum atomic E-state index is -0.212. The number of aromatic amines is 1. The average Bonchev–Trinajstić information content (AvgIpc) is 2.86. The summed E-state index contributed by atoms with van der Waals surface area (Å²) in [6.07, 6.45) is 0.849. The van der Waals surface area contributed by atoms with Crippen molar-refractivity contribution in [2.45, 2.75) is 37.7 Å². The van der Waals surface area contributed by atoms with Gasteiger partial charge < -0.3 is 0 Å². The minimum Gasteiger partial charge on any atom is -0.270 e. The maximum atomic E-state index is 12.2. The summed E-state index contributed by atoms with van der Waals surface area (Å²) in [4.78, 5) is 28.4. The second-order valence-corrected chi connectivity index (χ2v) is 6.14. The first-order valence-corrected chi connectivity index (χ1v) is 8.35. The minimum absolute atomic E-state index is 0.100. The number of fused-ring (bicyclic) bond motifs is 1. The standard InChI is InChI=1S/C15H17N5O2S/c1-3-7-19-14(22)17-18-15(19)23-9-11-8-13(21)20-10(2)5-4-6-12(20)16-11/h4-6,8H,3,7,9H2,1-2H3,(H,17,22). The van der Waals surface area contributed by atoms with Gasteiger partial charge >= 0.3 is 5.69 Å². The maximum Gasteiger partial charge on any atom is 0.343 e. The molecule has 120 valence electrons. The Hall–Kier alpha value is -2.35. The van der Waals surface area contributed by atoms with E-state index in [-0.39, 0.29) is 11.2 Å². The van der Waals surface area contributed by atoms with Crippen LogP contribution in [-0.2, 0) is 12.3 Å². The first-order valence-electron chi connectivity index (χ1n) is 7.36. The Bertz CT molecular complexity index is 956. The van der Waals surface area contributed by atoms with Crippen LogP contribution < -0.4 is 11.2 Å². The highest BCUT2D eigenvalue weighted by Gasteiger charge is 2.10. The van der Waals surface area contributed by atoms with Gasteiger partial charge in [-0.1, -0.05) is 24.8 Å². The van der Waals surface area contributed by atoms with Gasteiger partial charge in [-0.2, -0.15) is 0 Å². The average molecular weight is 331 g/mol. The summed E-state index contributed by atoms with van der Waals surface area (Å²) in [5.41, 5.74) is 1.83. The number of rotatable bonds is 5. The largest absolute Gasteiger partial charge is 0.343 e. The Morgan fingerprint density at radius 3 is 2.91 bits per heavy atom. The predicted molar refractivity (Wildman–Crippen MR) is 88.9 cm³/mol. The van der Waals surface area contributed by atoms with Crippen LogP contribution in [0, 0.1) is 6.92 Å². The zero-order valence-electron chi connectivity index (χ0n) is 12.9. The molecule has 1 N–H and O–H groups in total. The highest BCUT2D eigenvalue weighted by atomic mass is 32.2. The third-order valence-corrected chi connectivity index (χ3v) is 4.46. The number of hydrogen-bond acceptors (Lipinski definition) is 5. The molecule has 3 aromatic rings. The molecule has 3 heterocycles. The number of thioether (sulfide) groups is 1. The van der Waals surface area contributed by atoms with Gasteiger partial charge in [-0.15, -0.1) is 5.10 Å². The molecule has 0 aliphatic carbocycles. The zero-order chi connectivity index (χ0) is 16.4.